The molecule has 0 bridgehead atoms. The summed E-state index contributed by atoms with van der Waals surface area (Å²) in [7, 11) is -2.09. The average molecular weight is 513 g/mol. The molecule has 1 heterocycles. The monoisotopic (exact) mass is 512 g/mol. The fraction of sp³-hybridized carbons (Fsp3) is 0.318. The van der Waals surface area contributed by atoms with E-state index in [4.69, 9.17) is 0 Å². The number of carbonyl (C=O) groups is 1. The number of hydrogen-bond acceptors (Lipinski definition) is 6. The van der Waals surface area contributed by atoms with Crippen LogP contribution >= 0.6 is 11.8 Å². The Kier molecular flexibility index (Phi) is 7.71. The number of carbonyl (C=O) groups excluding carboxylic acids is 1. The normalized spacial score (nSPS) is 13.0. The van der Waals surface area contributed by atoms with Crippen molar-refractivity contribution in [1.82, 2.24) is 14.8 Å². The second kappa shape index (κ2) is 10.2. The van der Waals surface area contributed by atoms with Gasteiger partial charge in [0.25, 0.3) is 0 Å². The molecular weight excluding hydrogens is 489 g/mol. The predicted molar refractivity (Wildman–Crippen MR) is 123 cm³/mol. The maximum absolute atomic E-state index is 13.2. The number of aryl methyl sites for hydroxylation is 1. The van der Waals surface area contributed by atoms with Crippen molar-refractivity contribution in [2.24, 2.45) is 7.05 Å². The van der Waals surface area contributed by atoms with Gasteiger partial charge in [0.2, 0.25) is 5.91 Å². The summed E-state index contributed by atoms with van der Waals surface area (Å²) in [6.07, 6.45) is -4.31. The minimum atomic E-state index is -4.61. The lowest BCUT2D eigenvalue weighted by Crippen LogP contribution is -2.26. The number of rotatable bonds is 8. The summed E-state index contributed by atoms with van der Waals surface area (Å²) in [5, 5.41) is 9.80. The average Bonchev–Trinajstić information content (AvgIpc) is 3.10. The Balaban J connectivity index is 1.75. The lowest BCUT2D eigenvalue weighted by Gasteiger charge is -2.17. The van der Waals surface area contributed by atoms with Crippen LogP contribution in [0, 0.1) is 6.92 Å². The van der Waals surface area contributed by atoms with Gasteiger partial charge in [-0.2, -0.15) is 13.2 Å². The van der Waals surface area contributed by atoms with E-state index in [2.05, 4.69) is 15.5 Å². The van der Waals surface area contributed by atoms with E-state index in [1.165, 1.54) is 34.9 Å². The van der Waals surface area contributed by atoms with Crippen molar-refractivity contribution in [2.75, 3.05) is 5.32 Å². The van der Waals surface area contributed by atoms with Crippen molar-refractivity contribution in [3.05, 3.63) is 65.5 Å². The number of benzene rings is 2. The fourth-order valence-corrected chi connectivity index (χ4v) is 5.32. The Morgan fingerprint density at radius 1 is 1.12 bits per heavy atom. The fourth-order valence-electron chi connectivity index (χ4n) is 3.07. The van der Waals surface area contributed by atoms with Crippen molar-refractivity contribution in [1.29, 1.82) is 0 Å². The van der Waals surface area contributed by atoms with Gasteiger partial charge in [0.05, 0.1) is 21.4 Å². The molecule has 2 aromatic carbocycles. The summed E-state index contributed by atoms with van der Waals surface area (Å²) < 4.78 is 66.6. The summed E-state index contributed by atoms with van der Waals surface area (Å²) in [6, 6.07) is 11.2. The van der Waals surface area contributed by atoms with Crippen molar-refractivity contribution in [3.8, 4) is 0 Å². The van der Waals surface area contributed by atoms with Gasteiger partial charge in [0.1, 0.15) is 11.6 Å². The standard InChI is InChI=1S/C22H23F3N4O3S2/c1-4-18(20(30)26-17-8-6-5-7-16(17)22(23,24)25)33-21-28-27-19(29(21)3)13-34(31,32)15-11-9-14(2)10-12-15/h5-12,18H,4,13H2,1-3H3,(H,26,30). The van der Waals surface area contributed by atoms with Gasteiger partial charge in [-0.25, -0.2) is 8.42 Å². The predicted octanol–water partition coefficient (Wildman–Crippen LogP) is 4.63. The number of halogens is 3. The minimum Gasteiger partial charge on any atom is -0.325 e. The highest BCUT2D eigenvalue weighted by atomic mass is 32.2. The highest BCUT2D eigenvalue weighted by molar-refractivity contribution is 8.00. The molecule has 12 heteroatoms. The van der Waals surface area contributed by atoms with Crippen LogP contribution in [0.5, 0.6) is 0 Å². The number of nitrogens with one attached hydrogen (secondary N) is 1. The Labute approximate surface area is 199 Å². The molecule has 0 aliphatic rings. The first-order valence-electron chi connectivity index (χ1n) is 10.2. The lowest BCUT2D eigenvalue weighted by molar-refractivity contribution is -0.137. The van der Waals surface area contributed by atoms with Gasteiger partial charge < -0.3 is 9.88 Å². The summed E-state index contributed by atoms with van der Waals surface area (Å²) in [4.78, 5) is 12.9. The minimum absolute atomic E-state index is 0.157. The maximum Gasteiger partial charge on any atom is 0.418 e. The van der Waals surface area contributed by atoms with E-state index in [1.807, 2.05) is 6.92 Å². The zero-order valence-corrected chi connectivity index (χ0v) is 20.3. The highest BCUT2D eigenvalue weighted by Gasteiger charge is 2.34. The summed E-state index contributed by atoms with van der Waals surface area (Å²) in [6.45, 7) is 3.57. The molecule has 34 heavy (non-hydrogen) atoms. The molecule has 0 aliphatic carbocycles. The summed E-state index contributed by atoms with van der Waals surface area (Å²) in [5.41, 5.74) is -0.342. The van der Waals surface area contributed by atoms with Crippen molar-refractivity contribution in [2.45, 2.75) is 47.5 Å². The second-order valence-electron chi connectivity index (χ2n) is 7.58. The largest absolute Gasteiger partial charge is 0.418 e. The van der Waals surface area contributed by atoms with E-state index in [1.54, 1.807) is 26.1 Å². The maximum atomic E-state index is 13.2. The van der Waals surface area contributed by atoms with Crippen molar-refractivity contribution >= 4 is 33.2 Å². The van der Waals surface area contributed by atoms with E-state index >= 15 is 0 Å². The van der Waals surface area contributed by atoms with Gasteiger partial charge in [-0.3, -0.25) is 4.79 Å². The number of sulfone groups is 1. The Bertz CT molecular complexity index is 1270. The first-order chi connectivity index (χ1) is 15.9. The van der Waals surface area contributed by atoms with E-state index in [0.29, 0.717) is 6.42 Å². The molecule has 1 atom stereocenters. The molecular formula is C22H23F3N4O3S2. The first kappa shape index (κ1) is 25.8. The van der Waals surface area contributed by atoms with Crippen molar-refractivity contribution < 1.29 is 26.4 Å². The summed E-state index contributed by atoms with van der Waals surface area (Å²) >= 11 is 1.00. The number of thioether (sulfide) groups is 1. The third kappa shape index (κ3) is 5.98. The van der Waals surface area contributed by atoms with Gasteiger partial charge >= 0.3 is 6.18 Å². The van der Waals surface area contributed by atoms with Gasteiger partial charge in [0, 0.05) is 7.05 Å². The van der Waals surface area contributed by atoms with Crippen LogP contribution in [0.15, 0.2) is 58.6 Å². The zero-order chi connectivity index (χ0) is 25.1. The Morgan fingerprint density at radius 3 is 2.38 bits per heavy atom. The highest BCUT2D eigenvalue weighted by Crippen LogP contribution is 2.35. The molecule has 0 radical (unpaired) electrons. The van der Waals surface area contributed by atoms with Crippen LogP contribution in [0.3, 0.4) is 0 Å². The van der Waals surface area contributed by atoms with E-state index in [9.17, 15) is 26.4 Å². The number of anilines is 1. The smallest absolute Gasteiger partial charge is 0.325 e. The molecule has 0 aliphatic heterocycles. The third-order valence-electron chi connectivity index (χ3n) is 5.03. The third-order valence-corrected chi connectivity index (χ3v) is 8.05. The van der Waals surface area contributed by atoms with E-state index in [0.717, 1.165) is 23.4 Å². The molecule has 1 aromatic heterocycles. The molecule has 182 valence electrons. The number of para-hydroxylation sites is 1. The molecule has 0 spiro atoms. The lowest BCUT2D eigenvalue weighted by atomic mass is 10.1. The van der Waals surface area contributed by atoms with Gasteiger partial charge in [0.15, 0.2) is 15.0 Å². The zero-order valence-electron chi connectivity index (χ0n) is 18.6. The quantitative estimate of drug-likeness (QED) is 0.443. The van der Waals surface area contributed by atoms with Crippen molar-refractivity contribution in [3.63, 3.8) is 0 Å². The van der Waals surface area contributed by atoms with Crippen LogP contribution in [0.25, 0.3) is 0 Å². The molecule has 1 N–H and O–H groups in total. The van der Waals surface area contributed by atoms with Crippen LogP contribution in [-0.2, 0) is 33.6 Å². The molecule has 0 saturated carbocycles. The SMILES string of the molecule is CCC(Sc1nnc(CS(=O)(=O)c2ccc(C)cc2)n1C)C(=O)Nc1ccccc1C(F)(F)F. The van der Waals surface area contributed by atoms with Crippen LogP contribution in [0.4, 0.5) is 18.9 Å². The van der Waals surface area contributed by atoms with E-state index in [-0.39, 0.29) is 27.3 Å². The molecule has 1 amide bonds. The summed E-state index contributed by atoms with van der Waals surface area (Å²) in [5.74, 6) is -0.830. The second-order valence-corrected chi connectivity index (χ2v) is 10.7. The Morgan fingerprint density at radius 2 is 1.76 bits per heavy atom. The molecule has 7 nitrogen and oxygen atoms in total. The van der Waals surface area contributed by atoms with E-state index < -0.39 is 32.7 Å². The number of amides is 1. The molecule has 0 fully saturated rings. The van der Waals surface area contributed by atoms with Crippen LogP contribution in [0.1, 0.15) is 30.3 Å². The number of hydrogen-bond donors (Lipinski definition) is 1. The number of nitrogens with zero attached hydrogens (tertiary/aromatic N) is 3. The molecule has 3 rings (SSSR count). The van der Waals surface area contributed by atoms with Crippen LogP contribution < -0.4 is 5.32 Å². The molecule has 0 saturated heterocycles. The van der Waals surface area contributed by atoms with Gasteiger partial charge in [-0.1, -0.05) is 48.5 Å². The number of alkyl halides is 3. The number of aromatic nitrogens is 3. The van der Waals surface area contributed by atoms with Crippen LogP contribution in [0.2, 0.25) is 0 Å². The Hall–Kier alpha value is -2.86. The first-order valence-corrected chi connectivity index (χ1v) is 12.8. The van der Waals surface area contributed by atoms with Crippen LogP contribution in [-0.4, -0.2) is 34.3 Å². The topological polar surface area (TPSA) is 93.9 Å². The molecule has 1 unspecified atom stereocenters. The van der Waals surface area contributed by atoms with Gasteiger partial charge in [-0.05, 0) is 37.6 Å². The molecule has 3 aromatic rings. The van der Waals surface area contributed by atoms with Gasteiger partial charge in [-0.15, -0.1) is 10.2 Å².